The van der Waals surface area contributed by atoms with E-state index in [1.807, 2.05) is 18.2 Å². The van der Waals surface area contributed by atoms with E-state index >= 15 is 0 Å². The number of hydrogen-bond donors (Lipinski definition) is 0. The van der Waals surface area contributed by atoms with Gasteiger partial charge in [0.05, 0.1) is 7.11 Å². The molecule has 0 bridgehead atoms. The lowest BCUT2D eigenvalue weighted by molar-refractivity contribution is 0.402. The number of fused-ring (bicyclic) bond motifs is 1. The maximum atomic E-state index is 5.73. The monoisotopic (exact) mass is 258 g/mol. The summed E-state index contributed by atoms with van der Waals surface area (Å²) < 4.78 is 11.2. The van der Waals surface area contributed by atoms with Gasteiger partial charge < -0.3 is 9.47 Å². The van der Waals surface area contributed by atoms with Gasteiger partial charge in [-0.3, -0.25) is 0 Å². The third-order valence-electron chi connectivity index (χ3n) is 3.19. The van der Waals surface area contributed by atoms with Crippen LogP contribution in [0, 0.1) is 0 Å². The molecule has 2 aromatic rings. The normalized spacial score (nSPS) is 17.1. The predicted molar refractivity (Wildman–Crippen MR) is 76.4 cm³/mol. The summed E-state index contributed by atoms with van der Waals surface area (Å²) in [4.78, 5) is 0. The Bertz CT molecular complexity index is 580. The van der Waals surface area contributed by atoms with E-state index in [2.05, 4.69) is 30.9 Å². The Balaban J connectivity index is 2.21. The van der Waals surface area contributed by atoms with Crippen molar-refractivity contribution >= 4 is 13.2 Å². The van der Waals surface area contributed by atoms with Crippen molar-refractivity contribution in [3.63, 3.8) is 0 Å². The van der Waals surface area contributed by atoms with E-state index in [1.165, 1.54) is 10.9 Å². The molecule has 0 radical (unpaired) electrons. The molecule has 0 saturated heterocycles. The van der Waals surface area contributed by atoms with Crippen LogP contribution in [-0.4, -0.2) is 20.1 Å². The summed E-state index contributed by atoms with van der Waals surface area (Å²) in [5.41, 5.74) is 2.40. The molecule has 0 aromatic heterocycles. The van der Waals surface area contributed by atoms with Gasteiger partial charge in [-0.05, 0) is 32.3 Å². The number of hydrogen-bond acceptors (Lipinski definition) is 2. The van der Waals surface area contributed by atoms with Crippen LogP contribution in [-0.2, 0) is 0 Å². The van der Waals surface area contributed by atoms with Gasteiger partial charge in [-0.1, -0.05) is 30.3 Å². The van der Waals surface area contributed by atoms with E-state index in [1.54, 1.807) is 7.11 Å². The van der Waals surface area contributed by atoms with Crippen LogP contribution in [0.15, 0.2) is 42.5 Å². The second-order valence-electron chi connectivity index (χ2n) is 4.32. The maximum absolute atomic E-state index is 5.73. The van der Waals surface area contributed by atoms with Gasteiger partial charge in [0.1, 0.15) is 17.8 Å². The zero-order valence-corrected chi connectivity index (χ0v) is 11.4. The Morgan fingerprint density at radius 1 is 1.06 bits per heavy atom. The van der Waals surface area contributed by atoms with Gasteiger partial charge in [0.15, 0.2) is 0 Å². The number of benzene rings is 2. The van der Waals surface area contributed by atoms with E-state index in [-0.39, 0.29) is 7.92 Å². The largest absolute Gasteiger partial charge is 0.496 e. The fraction of sp³-hybridized carbons (Fsp3) is 0.200. The second-order valence-corrected chi connectivity index (χ2v) is 6.43. The fourth-order valence-corrected chi connectivity index (χ4v) is 3.93. The first-order valence-electron chi connectivity index (χ1n) is 5.91. The van der Waals surface area contributed by atoms with Crippen molar-refractivity contribution in [2.75, 3.05) is 20.1 Å². The molecule has 3 heteroatoms. The van der Waals surface area contributed by atoms with Gasteiger partial charge in [-0.2, -0.15) is 0 Å². The van der Waals surface area contributed by atoms with Crippen LogP contribution in [0.25, 0.3) is 11.1 Å². The van der Waals surface area contributed by atoms with Gasteiger partial charge in [0.25, 0.3) is 0 Å². The molecule has 3 rings (SSSR count). The van der Waals surface area contributed by atoms with Gasteiger partial charge in [-0.15, -0.1) is 0 Å². The quantitative estimate of drug-likeness (QED) is 0.768. The lowest BCUT2D eigenvalue weighted by Crippen LogP contribution is -2.02. The van der Waals surface area contributed by atoms with E-state index in [0.29, 0.717) is 0 Å². The zero-order chi connectivity index (χ0) is 12.5. The summed E-state index contributed by atoms with van der Waals surface area (Å²) in [6.07, 6.45) is 0.830. The standard InChI is InChI=1S/C15H15O2P/c1-16-13-8-4-3-6-11(13)12-7-5-9-14-15(12)18(2)10-17-14/h3-9H,10H2,1-2H3/t18-/m1/s1. The van der Waals surface area contributed by atoms with Crippen LogP contribution in [0.4, 0.5) is 0 Å². The van der Waals surface area contributed by atoms with E-state index in [0.717, 1.165) is 23.4 Å². The van der Waals surface area contributed by atoms with Gasteiger partial charge in [0.2, 0.25) is 0 Å². The number of ether oxygens (including phenoxy) is 2. The summed E-state index contributed by atoms with van der Waals surface area (Å²) in [6.45, 7) is 2.26. The Morgan fingerprint density at radius 3 is 2.67 bits per heavy atom. The Hall–Kier alpha value is -1.53. The average Bonchev–Trinajstić information content (AvgIpc) is 2.81. The molecule has 0 unspecified atom stereocenters. The number of methoxy groups -OCH3 is 1. The smallest absolute Gasteiger partial charge is 0.128 e. The highest BCUT2D eigenvalue weighted by Gasteiger charge is 2.24. The van der Waals surface area contributed by atoms with Crippen molar-refractivity contribution in [2.24, 2.45) is 0 Å². The van der Waals surface area contributed by atoms with Crippen LogP contribution in [0.3, 0.4) is 0 Å². The minimum absolute atomic E-state index is 0.220. The van der Waals surface area contributed by atoms with Gasteiger partial charge in [-0.25, -0.2) is 0 Å². The van der Waals surface area contributed by atoms with Crippen LogP contribution in [0.5, 0.6) is 11.5 Å². The molecule has 0 aliphatic carbocycles. The lowest BCUT2D eigenvalue weighted by atomic mass is 10.0. The Kier molecular flexibility index (Phi) is 2.97. The first-order valence-corrected chi connectivity index (χ1v) is 7.89. The van der Waals surface area contributed by atoms with Crippen molar-refractivity contribution < 1.29 is 9.47 Å². The summed E-state index contributed by atoms with van der Waals surface area (Å²) in [5, 5.41) is 1.36. The van der Waals surface area contributed by atoms with E-state index < -0.39 is 0 Å². The highest BCUT2D eigenvalue weighted by molar-refractivity contribution is 7.65. The van der Waals surface area contributed by atoms with Crippen LogP contribution < -0.4 is 14.8 Å². The summed E-state index contributed by atoms with van der Waals surface area (Å²) in [5.74, 6) is 1.95. The Labute approximate surface area is 108 Å². The van der Waals surface area contributed by atoms with Crippen molar-refractivity contribution in [2.45, 2.75) is 0 Å². The maximum Gasteiger partial charge on any atom is 0.128 e. The third-order valence-corrected chi connectivity index (χ3v) is 4.93. The van der Waals surface area contributed by atoms with Crippen molar-refractivity contribution in [3.8, 4) is 22.6 Å². The molecule has 0 amide bonds. The van der Waals surface area contributed by atoms with Crippen LogP contribution in [0.2, 0.25) is 0 Å². The summed E-state index contributed by atoms with van der Waals surface area (Å²) >= 11 is 0. The first kappa shape index (κ1) is 11.6. The highest BCUT2D eigenvalue weighted by atomic mass is 31.1. The van der Waals surface area contributed by atoms with Crippen molar-refractivity contribution in [1.82, 2.24) is 0 Å². The SMILES string of the molecule is COc1ccccc1-c1cccc2c1[P@](C)CO2. The number of rotatable bonds is 2. The van der Waals surface area contributed by atoms with Crippen molar-refractivity contribution in [3.05, 3.63) is 42.5 Å². The summed E-state index contributed by atoms with van der Waals surface area (Å²) in [7, 11) is 1.50. The third kappa shape index (κ3) is 1.77. The molecule has 18 heavy (non-hydrogen) atoms. The molecule has 0 fully saturated rings. The minimum atomic E-state index is -0.220. The molecule has 92 valence electrons. The van der Waals surface area contributed by atoms with Crippen LogP contribution in [0.1, 0.15) is 0 Å². The molecule has 1 heterocycles. The van der Waals surface area contributed by atoms with E-state index in [4.69, 9.17) is 9.47 Å². The Morgan fingerprint density at radius 2 is 1.83 bits per heavy atom. The predicted octanol–water partition coefficient (Wildman–Crippen LogP) is 3.45. The zero-order valence-electron chi connectivity index (χ0n) is 10.5. The highest BCUT2D eigenvalue weighted by Crippen LogP contribution is 2.45. The van der Waals surface area contributed by atoms with Crippen LogP contribution >= 0.6 is 7.92 Å². The molecular formula is C15H15O2P. The number of para-hydroxylation sites is 1. The molecule has 2 aromatic carbocycles. The average molecular weight is 258 g/mol. The fourth-order valence-electron chi connectivity index (χ4n) is 2.35. The molecule has 1 aliphatic rings. The molecule has 0 saturated carbocycles. The molecule has 2 nitrogen and oxygen atoms in total. The molecule has 1 atom stereocenters. The van der Waals surface area contributed by atoms with E-state index in [9.17, 15) is 0 Å². The first-order chi connectivity index (χ1) is 8.81. The van der Waals surface area contributed by atoms with Crippen molar-refractivity contribution in [1.29, 1.82) is 0 Å². The topological polar surface area (TPSA) is 18.5 Å². The second kappa shape index (κ2) is 4.62. The molecule has 0 N–H and O–H groups in total. The lowest BCUT2D eigenvalue weighted by Gasteiger charge is -2.13. The van der Waals surface area contributed by atoms with Gasteiger partial charge >= 0.3 is 0 Å². The minimum Gasteiger partial charge on any atom is -0.496 e. The molecular weight excluding hydrogens is 243 g/mol. The molecule has 1 aliphatic heterocycles. The van der Waals surface area contributed by atoms with Gasteiger partial charge in [0, 0.05) is 10.9 Å². The molecule has 0 spiro atoms. The summed E-state index contributed by atoms with van der Waals surface area (Å²) in [6, 6.07) is 14.4.